The Morgan fingerprint density at radius 3 is 2.59 bits per heavy atom. The van der Waals surface area contributed by atoms with E-state index < -0.39 is 0 Å². The molecule has 0 spiro atoms. The van der Waals surface area contributed by atoms with Crippen molar-refractivity contribution in [3.05, 3.63) is 34.9 Å². The third kappa shape index (κ3) is 4.49. The van der Waals surface area contributed by atoms with Gasteiger partial charge in [0.15, 0.2) is 0 Å². The van der Waals surface area contributed by atoms with E-state index in [0.717, 1.165) is 12.1 Å². The number of rotatable bonds is 6. The van der Waals surface area contributed by atoms with Crippen LogP contribution in [0.3, 0.4) is 0 Å². The molecule has 17 heavy (non-hydrogen) atoms. The zero-order valence-electron chi connectivity index (χ0n) is 11.5. The summed E-state index contributed by atoms with van der Waals surface area (Å²) in [4.78, 5) is 2.20. The molecule has 0 saturated carbocycles. The lowest BCUT2D eigenvalue weighted by molar-refractivity contribution is 0.125. The van der Waals surface area contributed by atoms with E-state index in [1.54, 1.807) is 0 Å². The quantitative estimate of drug-likeness (QED) is 0.819. The molecule has 0 saturated heterocycles. The topological polar surface area (TPSA) is 23.5 Å². The summed E-state index contributed by atoms with van der Waals surface area (Å²) in [7, 11) is 2.07. The molecule has 0 aromatic heterocycles. The number of aliphatic hydroxyl groups is 1. The van der Waals surface area contributed by atoms with Crippen LogP contribution in [0.5, 0.6) is 0 Å². The molecule has 0 bridgehead atoms. The van der Waals surface area contributed by atoms with Crippen molar-refractivity contribution >= 4 is 0 Å². The first-order valence-corrected chi connectivity index (χ1v) is 6.48. The van der Waals surface area contributed by atoms with Crippen LogP contribution in [0.25, 0.3) is 0 Å². The molecule has 2 heteroatoms. The number of benzene rings is 1. The van der Waals surface area contributed by atoms with Crippen LogP contribution in [0, 0.1) is 13.8 Å². The number of likely N-dealkylation sites (N-methyl/N-ethyl adjacent to an activating group) is 1. The van der Waals surface area contributed by atoms with Gasteiger partial charge in [-0.2, -0.15) is 0 Å². The first-order chi connectivity index (χ1) is 8.04. The van der Waals surface area contributed by atoms with Gasteiger partial charge < -0.3 is 10.0 Å². The summed E-state index contributed by atoms with van der Waals surface area (Å²) < 4.78 is 0. The molecular weight excluding hydrogens is 210 g/mol. The second-order valence-corrected chi connectivity index (χ2v) is 4.99. The molecule has 0 heterocycles. The highest BCUT2D eigenvalue weighted by molar-refractivity contribution is 5.32. The molecule has 1 unspecified atom stereocenters. The Bertz CT molecular complexity index is 349. The summed E-state index contributed by atoms with van der Waals surface area (Å²) in [6.45, 7) is 8.10. The Morgan fingerprint density at radius 2 is 2.00 bits per heavy atom. The Kier molecular flexibility index (Phi) is 5.66. The van der Waals surface area contributed by atoms with E-state index in [1.807, 2.05) is 6.07 Å². The lowest BCUT2D eigenvalue weighted by Crippen LogP contribution is -2.26. The molecule has 1 rings (SSSR count). The average molecular weight is 235 g/mol. The van der Waals surface area contributed by atoms with Crippen LogP contribution in [-0.2, 0) is 0 Å². The summed E-state index contributed by atoms with van der Waals surface area (Å²) in [5.74, 6) is 0. The van der Waals surface area contributed by atoms with E-state index in [-0.39, 0.29) is 6.10 Å². The minimum Gasteiger partial charge on any atom is -0.387 e. The molecule has 2 nitrogen and oxygen atoms in total. The highest BCUT2D eigenvalue weighted by Crippen LogP contribution is 2.19. The predicted octanol–water partition coefficient (Wildman–Crippen LogP) is 3.07. The van der Waals surface area contributed by atoms with Crippen LogP contribution in [0.1, 0.15) is 42.6 Å². The second kappa shape index (κ2) is 6.77. The standard InChI is InChI=1S/C15H25NO/c1-5-6-9-16(4)11-15(17)14-8-7-12(2)10-13(14)3/h7-8,10,15,17H,5-6,9,11H2,1-4H3. The molecule has 96 valence electrons. The summed E-state index contributed by atoms with van der Waals surface area (Å²) in [5.41, 5.74) is 3.48. The van der Waals surface area contributed by atoms with Crippen molar-refractivity contribution in [2.45, 2.75) is 39.7 Å². The maximum atomic E-state index is 10.2. The highest BCUT2D eigenvalue weighted by atomic mass is 16.3. The molecule has 1 N–H and O–H groups in total. The normalized spacial score (nSPS) is 13.1. The molecule has 0 amide bonds. The first-order valence-electron chi connectivity index (χ1n) is 6.48. The number of nitrogens with zero attached hydrogens (tertiary/aromatic N) is 1. The molecule has 1 aromatic carbocycles. The van der Waals surface area contributed by atoms with E-state index in [2.05, 4.69) is 44.9 Å². The fraction of sp³-hybridized carbons (Fsp3) is 0.600. The number of aliphatic hydroxyl groups excluding tert-OH is 1. The van der Waals surface area contributed by atoms with Crippen molar-refractivity contribution in [1.82, 2.24) is 4.90 Å². The van der Waals surface area contributed by atoms with Crippen molar-refractivity contribution in [2.75, 3.05) is 20.1 Å². The molecule has 1 aromatic rings. The van der Waals surface area contributed by atoms with Gasteiger partial charge in [-0.05, 0) is 45.0 Å². The maximum absolute atomic E-state index is 10.2. The zero-order chi connectivity index (χ0) is 12.8. The second-order valence-electron chi connectivity index (χ2n) is 4.99. The monoisotopic (exact) mass is 235 g/mol. The summed E-state index contributed by atoms with van der Waals surface area (Å²) in [6.07, 6.45) is 2.01. The van der Waals surface area contributed by atoms with Crippen LogP contribution >= 0.6 is 0 Å². The van der Waals surface area contributed by atoms with Crippen LogP contribution < -0.4 is 0 Å². The molecule has 0 aliphatic heterocycles. The fourth-order valence-corrected chi connectivity index (χ4v) is 2.11. The van der Waals surface area contributed by atoms with Gasteiger partial charge in [-0.1, -0.05) is 37.1 Å². The van der Waals surface area contributed by atoms with Gasteiger partial charge >= 0.3 is 0 Å². The molecule has 1 atom stereocenters. The van der Waals surface area contributed by atoms with Gasteiger partial charge in [0.1, 0.15) is 0 Å². The lowest BCUT2D eigenvalue weighted by atomic mass is 10.0. The number of hydrogen-bond donors (Lipinski definition) is 1. The summed E-state index contributed by atoms with van der Waals surface area (Å²) >= 11 is 0. The molecule has 0 fully saturated rings. The zero-order valence-corrected chi connectivity index (χ0v) is 11.5. The highest BCUT2D eigenvalue weighted by Gasteiger charge is 2.12. The van der Waals surface area contributed by atoms with Crippen LogP contribution in [0.2, 0.25) is 0 Å². The van der Waals surface area contributed by atoms with E-state index in [0.29, 0.717) is 6.54 Å². The Labute approximate surface area is 105 Å². The minimum absolute atomic E-state index is 0.377. The largest absolute Gasteiger partial charge is 0.387 e. The fourth-order valence-electron chi connectivity index (χ4n) is 2.11. The third-order valence-corrected chi connectivity index (χ3v) is 3.16. The van der Waals surface area contributed by atoms with Crippen molar-refractivity contribution < 1.29 is 5.11 Å². The SMILES string of the molecule is CCCCN(C)CC(O)c1ccc(C)cc1C. The van der Waals surface area contributed by atoms with Crippen molar-refractivity contribution in [3.63, 3.8) is 0 Å². The van der Waals surface area contributed by atoms with E-state index in [4.69, 9.17) is 0 Å². The smallest absolute Gasteiger partial charge is 0.0919 e. The molecule has 0 aliphatic carbocycles. The van der Waals surface area contributed by atoms with Gasteiger partial charge in [0.25, 0.3) is 0 Å². The van der Waals surface area contributed by atoms with Gasteiger partial charge in [-0.25, -0.2) is 0 Å². The molecule has 0 radical (unpaired) electrons. The average Bonchev–Trinajstić information content (AvgIpc) is 2.26. The minimum atomic E-state index is -0.377. The van der Waals surface area contributed by atoms with E-state index in [1.165, 1.54) is 24.0 Å². The van der Waals surface area contributed by atoms with Crippen LogP contribution in [0.15, 0.2) is 18.2 Å². The van der Waals surface area contributed by atoms with Crippen LogP contribution in [-0.4, -0.2) is 30.1 Å². The maximum Gasteiger partial charge on any atom is 0.0919 e. The third-order valence-electron chi connectivity index (χ3n) is 3.16. The predicted molar refractivity (Wildman–Crippen MR) is 73.3 cm³/mol. The number of hydrogen-bond acceptors (Lipinski definition) is 2. The van der Waals surface area contributed by atoms with Crippen molar-refractivity contribution in [3.8, 4) is 0 Å². The van der Waals surface area contributed by atoms with E-state index >= 15 is 0 Å². The Morgan fingerprint density at radius 1 is 1.29 bits per heavy atom. The van der Waals surface area contributed by atoms with Gasteiger partial charge in [0.2, 0.25) is 0 Å². The summed E-state index contributed by atoms with van der Waals surface area (Å²) in [6, 6.07) is 6.24. The van der Waals surface area contributed by atoms with Gasteiger partial charge in [-0.3, -0.25) is 0 Å². The Hall–Kier alpha value is -0.860. The molecular formula is C15H25NO. The van der Waals surface area contributed by atoms with Gasteiger partial charge in [0.05, 0.1) is 6.10 Å². The molecule has 0 aliphatic rings. The number of unbranched alkanes of at least 4 members (excludes halogenated alkanes) is 1. The lowest BCUT2D eigenvalue weighted by Gasteiger charge is -2.21. The van der Waals surface area contributed by atoms with Crippen molar-refractivity contribution in [1.29, 1.82) is 0 Å². The first kappa shape index (κ1) is 14.2. The number of aryl methyl sites for hydroxylation is 2. The van der Waals surface area contributed by atoms with Gasteiger partial charge in [0, 0.05) is 6.54 Å². The van der Waals surface area contributed by atoms with Crippen LogP contribution in [0.4, 0.5) is 0 Å². The van der Waals surface area contributed by atoms with Crippen molar-refractivity contribution in [2.24, 2.45) is 0 Å². The summed E-state index contributed by atoms with van der Waals surface area (Å²) in [5, 5.41) is 10.2. The van der Waals surface area contributed by atoms with Gasteiger partial charge in [-0.15, -0.1) is 0 Å². The Balaban J connectivity index is 2.60. The van der Waals surface area contributed by atoms with E-state index in [9.17, 15) is 5.11 Å².